The standard InChI is InChI=1S/C16H25N3/c1-3-4-8-14(2)17-11-7-12-19-13-18-15-9-5-6-10-16(15)19/h5-6,9-10,13-14,17H,3-4,7-8,11-12H2,1-2H3. The summed E-state index contributed by atoms with van der Waals surface area (Å²) in [6, 6.07) is 8.96. The van der Waals surface area contributed by atoms with Crippen LogP contribution in [0.25, 0.3) is 11.0 Å². The van der Waals surface area contributed by atoms with Gasteiger partial charge in [0.15, 0.2) is 0 Å². The highest BCUT2D eigenvalue weighted by Gasteiger charge is 2.02. The molecule has 0 aliphatic carbocycles. The molecule has 2 aromatic rings. The molecule has 0 saturated carbocycles. The normalized spacial score (nSPS) is 12.9. The first kappa shape index (κ1) is 14.1. The summed E-state index contributed by atoms with van der Waals surface area (Å²) in [4.78, 5) is 4.42. The van der Waals surface area contributed by atoms with E-state index in [1.54, 1.807) is 0 Å². The fourth-order valence-electron chi connectivity index (χ4n) is 2.40. The zero-order valence-electron chi connectivity index (χ0n) is 12.1. The van der Waals surface area contributed by atoms with Crippen LogP contribution in [-0.2, 0) is 6.54 Å². The predicted octanol–water partition coefficient (Wildman–Crippen LogP) is 3.59. The molecule has 19 heavy (non-hydrogen) atoms. The number of benzene rings is 1. The Morgan fingerprint density at radius 2 is 2.11 bits per heavy atom. The summed E-state index contributed by atoms with van der Waals surface area (Å²) in [6.45, 7) is 6.64. The number of hydrogen-bond donors (Lipinski definition) is 1. The third-order valence-corrected chi connectivity index (χ3v) is 3.59. The number of aryl methyl sites for hydroxylation is 1. The molecule has 0 saturated heterocycles. The van der Waals surface area contributed by atoms with Crippen molar-refractivity contribution in [1.29, 1.82) is 0 Å². The SMILES string of the molecule is CCCCC(C)NCCCn1cnc2ccccc21. The maximum Gasteiger partial charge on any atom is 0.0958 e. The van der Waals surface area contributed by atoms with Crippen LogP contribution in [0.1, 0.15) is 39.5 Å². The van der Waals surface area contributed by atoms with Crippen LogP contribution < -0.4 is 5.32 Å². The summed E-state index contributed by atoms with van der Waals surface area (Å²) in [5.41, 5.74) is 2.33. The topological polar surface area (TPSA) is 29.9 Å². The number of nitrogens with zero attached hydrogens (tertiary/aromatic N) is 2. The van der Waals surface area contributed by atoms with E-state index in [4.69, 9.17) is 0 Å². The van der Waals surface area contributed by atoms with Crippen molar-refractivity contribution in [1.82, 2.24) is 14.9 Å². The Balaban J connectivity index is 1.74. The molecule has 1 unspecified atom stereocenters. The average molecular weight is 259 g/mol. The summed E-state index contributed by atoms with van der Waals surface area (Å²) in [5.74, 6) is 0. The highest BCUT2D eigenvalue weighted by atomic mass is 15.0. The Bertz CT molecular complexity index is 489. The molecule has 0 spiro atoms. The molecule has 0 amide bonds. The first-order valence-corrected chi connectivity index (χ1v) is 7.44. The van der Waals surface area contributed by atoms with E-state index in [1.165, 1.54) is 24.8 Å². The summed E-state index contributed by atoms with van der Waals surface area (Å²) in [6.07, 6.45) is 6.99. The molecular weight excluding hydrogens is 234 g/mol. The minimum atomic E-state index is 0.638. The Labute approximate surface area is 116 Å². The van der Waals surface area contributed by atoms with E-state index in [0.29, 0.717) is 6.04 Å². The molecule has 0 aliphatic heterocycles. The zero-order valence-corrected chi connectivity index (χ0v) is 12.1. The van der Waals surface area contributed by atoms with E-state index in [9.17, 15) is 0 Å². The Kier molecular flexibility index (Phi) is 5.40. The Hall–Kier alpha value is -1.35. The van der Waals surface area contributed by atoms with Crippen molar-refractivity contribution in [2.45, 2.75) is 52.1 Å². The maximum absolute atomic E-state index is 4.42. The van der Waals surface area contributed by atoms with Gasteiger partial charge in [-0.15, -0.1) is 0 Å². The van der Waals surface area contributed by atoms with Gasteiger partial charge in [-0.05, 0) is 38.4 Å². The first-order chi connectivity index (χ1) is 9.31. The second-order valence-electron chi connectivity index (χ2n) is 5.28. The van der Waals surface area contributed by atoms with Crippen LogP contribution in [0, 0.1) is 0 Å². The summed E-state index contributed by atoms with van der Waals surface area (Å²) in [5, 5.41) is 3.59. The molecule has 1 heterocycles. The molecule has 1 N–H and O–H groups in total. The van der Waals surface area contributed by atoms with E-state index in [1.807, 2.05) is 12.4 Å². The highest BCUT2D eigenvalue weighted by Crippen LogP contribution is 2.11. The molecule has 3 nitrogen and oxygen atoms in total. The number of fused-ring (bicyclic) bond motifs is 1. The Morgan fingerprint density at radius 1 is 1.26 bits per heavy atom. The summed E-state index contributed by atoms with van der Waals surface area (Å²) < 4.78 is 2.24. The fraction of sp³-hybridized carbons (Fsp3) is 0.562. The van der Waals surface area contributed by atoms with Gasteiger partial charge in [0, 0.05) is 12.6 Å². The fourth-order valence-corrected chi connectivity index (χ4v) is 2.40. The molecule has 0 radical (unpaired) electrons. The largest absolute Gasteiger partial charge is 0.331 e. The van der Waals surface area contributed by atoms with Crippen LogP contribution in [-0.4, -0.2) is 22.1 Å². The molecule has 0 fully saturated rings. The van der Waals surface area contributed by atoms with Crippen molar-refractivity contribution in [3.63, 3.8) is 0 Å². The number of rotatable bonds is 8. The smallest absolute Gasteiger partial charge is 0.0958 e. The van der Waals surface area contributed by atoms with Crippen LogP contribution in [0.4, 0.5) is 0 Å². The lowest BCUT2D eigenvalue weighted by Crippen LogP contribution is -2.27. The second kappa shape index (κ2) is 7.29. The Morgan fingerprint density at radius 3 is 2.95 bits per heavy atom. The van der Waals surface area contributed by atoms with Gasteiger partial charge in [0.05, 0.1) is 17.4 Å². The van der Waals surface area contributed by atoms with Gasteiger partial charge in [-0.2, -0.15) is 0 Å². The monoisotopic (exact) mass is 259 g/mol. The highest BCUT2D eigenvalue weighted by molar-refractivity contribution is 5.74. The molecule has 1 aromatic carbocycles. The van der Waals surface area contributed by atoms with Gasteiger partial charge in [-0.3, -0.25) is 0 Å². The van der Waals surface area contributed by atoms with Gasteiger partial charge < -0.3 is 9.88 Å². The van der Waals surface area contributed by atoms with Gasteiger partial charge in [-0.1, -0.05) is 31.9 Å². The lowest BCUT2D eigenvalue weighted by atomic mass is 10.1. The third kappa shape index (κ3) is 4.06. The molecule has 0 bridgehead atoms. The van der Waals surface area contributed by atoms with Gasteiger partial charge in [-0.25, -0.2) is 4.98 Å². The van der Waals surface area contributed by atoms with Crippen molar-refractivity contribution in [3.05, 3.63) is 30.6 Å². The first-order valence-electron chi connectivity index (χ1n) is 7.44. The van der Waals surface area contributed by atoms with Crippen LogP contribution in [0.2, 0.25) is 0 Å². The van der Waals surface area contributed by atoms with Crippen molar-refractivity contribution in [2.75, 3.05) is 6.54 Å². The molecule has 1 aromatic heterocycles. The van der Waals surface area contributed by atoms with Crippen LogP contribution in [0.5, 0.6) is 0 Å². The minimum absolute atomic E-state index is 0.638. The maximum atomic E-state index is 4.42. The second-order valence-corrected chi connectivity index (χ2v) is 5.28. The molecule has 2 rings (SSSR count). The van der Waals surface area contributed by atoms with E-state index in [0.717, 1.165) is 25.0 Å². The number of imidazole rings is 1. The van der Waals surface area contributed by atoms with Crippen molar-refractivity contribution in [3.8, 4) is 0 Å². The van der Waals surface area contributed by atoms with Crippen molar-refractivity contribution in [2.24, 2.45) is 0 Å². The van der Waals surface area contributed by atoms with Crippen molar-refractivity contribution < 1.29 is 0 Å². The number of aromatic nitrogens is 2. The van der Waals surface area contributed by atoms with E-state index >= 15 is 0 Å². The predicted molar refractivity (Wildman–Crippen MR) is 81.3 cm³/mol. The quantitative estimate of drug-likeness (QED) is 0.734. The molecular formula is C16H25N3. The minimum Gasteiger partial charge on any atom is -0.331 e. The van der Waals surface area contributed by atoms with Gasteiger partial charge in [0.2, 0.25) is 0 Å². The van der Waals surface area contributed by atoms with Crippen LogP contribution >= 0.6 is 0 Å². The van der Waals surface area contributed by atoms with Gasteiger partial charge >= 0.3 is 0 Å². The van der Waals surface area contributed by atoms with Crippen LogP contribution in [0.15, 0.2) is 30.6 Å². The summed E-state index contributed by atoms with van der Waals surface area (Å²) >= 11 is 0. The van der Waals surface area contributed by atoms with Crippen molar-refractivity contribution >= 4 is 11.0 Å². The number of para-hydroxylation sites is 2. The number of unbranched alkanes of at least 4 members (excludes halogenated alkanes) is 1. The summed E-state index contributed by atoms with van der Waals surface area (Å²) in [7, 11) is 0. The third-order valence-electron chi connectivity index (χ3n) is 3.59. The lowest BCUT2D eigenvalue weighted by molar-refractivity contribution is 0.477. The van der Waals surface area contributed by atoms with E-state index in [-0.39, 0.29) is 0 Å². The van der Waals surface area contributed by atoms with E-state index in [2.05, 4.69) is 46.9 Å². The van der Waals surface area contributed by atoms with Gasteiger partial charge in [0.1, 0.15) is 0 Å². The number of hydrogen-bond acceptors (Lipinski definition) is 2. The van der Waals surface area contributed by atoms with Gasteiger partial charge in [0.25, 0.3) is 0 Å². The number of nitrogens with one attached hydrogen (secondary N) is 1. The average Bonchev–Trinajstić information content (AvgIpc) is 2.85. The molecule has 104 valence electrons. The lowest BCUT2D eigenvalue weighted by Gasteiger charge is -2.13. The molecule has 3 heteroatoms. The zero-order chi connectivity index (χ0) is 13.5. The molecule has 1 atom stereocenters. The molecule has 0 aliphatic rings. The van der Waals surface area contributed by atoms with Crippen LogP contribution in [0.3, 0.4) is 0 Å². The van der Waals surface area contributed by atoms with E-state index < -0.39 is 0 Å².